The lowest BCUT2D eigenvalue weighted by atomic mass is 9.85. The second-order valence-corrected chi connectivity index (χ2v) is 9.70. The minimum Gasteiger partial charge on any atom is -0.345 e. The van der Waals surface area contributed by atoms with Crippen molar-refractivity contribution in [1.29, 1.82) is 0 Å². The molecule has 1 fully saturated rings. The van der Waals surface area contributed by atoms with E-state index in [9.17, 15) is 9.59 Å². The Hall–Kier alpha value is -1.21. The molecule has 0 spiro atoms. The Labute approximate surface area is 163 Å². The van der Waals surface area contributed by atoms with Crippen LogP contribution >= 0.6 is 46.8 Å². The molecule has 2 atom stereocenters. The molecule has 25 heavy (non-hydrogen) atoms. The average Bonchev–Trinajstić information content (AvgIpc) is 3.14. The van der Waals surface area contributed by atoms with E-state index in [1.807, 2.05) is 36.4 Å². The Morgan fingerprint density at radius 3 is 2.24 bits per heavy atom. The summed E-state index contributed by atoms with van der Waals surface area (Å²) in [6.07, 6.45) is 6.70. The van der Waals surface area contributed by atoms with Crippen LogP contribution in [0.5, 0.6) is 0 Å². The quantitative estimate of drug-likeness (QED) is 0.321. The highest BCUT2D eigenvalue weighted by Crippen LogP contribution is 2.46. The van der Waals surface area contributed by atoms with Crippen molar-refractivity contribution in [1.82, 2.24) is 14.3 Å². The maximum Gasteiger partial charge on any atom is 0.256 e. The number of carbonyl (C=O) groups excluding carboxylic acids is 2. The first kappa shape index (κ1) is 18.6. The van der Waals surface area contributed by atoms with Crippen molar-refractivity contribution < 1.29 is 9.59 Å². The number of H-pyrrole nitrogens is 1. The number of carbonyl (C=O) groups is 2. The predicted molar refractivity (Wildman–Crippen MR) is 101 cm³/mol. The Bertz CT molecular complexity index is 762. The number of aromatic nitrogens is 2. The third kappa shape index (κ3) is 4.31. The number of hydrogen-bond donors (Lipinski definition) is 1. The predicted octanol–water partition coefficient (Wildman–Crippen LogP) is 4.48. The number of nitrogens with one attached hydrogen (secondary N) is 1. The molecule has 1 aromatic carbocycles. The molecule has 0 radical (unpaired) electrons. The van der Waals surface area contributed by atoms with Gasteiger partial charge in [-0.3, -0.25) is 9.59 Å². The zero-order valence-corrected chi connectivity index (χ0v) is 15.9. The molecule has 1 aliphatic carbocycles. The summed E-state index contributed by atoms with van der Waals surface area (Å²) in [4.78, 5) is 30.9. The van der Waals surface area contributed by atoms with Crippen molar-refractivity contribution in [2.75, 3.05) is 0 Å². The molecule has 1 saturated heterocycles. The summed E-state index contributed by atoms with van der Waals surface area (Å²) in [5, 5.41) is 0. The minimum absolute atomic E-state index is 0.254. The van der Waals surface area contributed by atoms with E-state index < -0.39 is 3.12 Å². The summed E-state index contributed by atoms with van der Waals surface area (Å²) in [6, 6.07) is 7.94. The number of alkyl halides is 3. The van der Waals surface area contributed by atoms with Gasteiger partial charge in [-0.15, -0.1) is 0 Å². The lowest BCUT2D eigenvalue weighted by Gasteiger charge is -2.17. The maximum absolute atomic E-state index is 11.9. The first-order valence-electron chi connectivity index (χ1n) is 7.53. The fourth-order valence-corrected chi connectivity index (χ4v) is 4.12. The summed E-state index contributed by atoms with van der Waals surface area (Å²) in [7, 11) is 0. The van der Waals surface area contributed by atoms with Crippen molar-refractivity contribution in [2.45, 2.75) is 16.0 Å². The number of imidazole rings is 1. The number of halogens is 3. The standard InChI is InChI=1S/C9H8Cl3NO2S.C7H6N2/c10-9(11,12)16-13-7(14)5-3-1-2-4-6(5)8(13)15;1-2-4-7-6(3-1)8-5-9-7/h1-2,5-6H,3-4H2;1-5H,(H,8,9). The van der Waals surface area contributed by atoms with Crippen molar-refractivity contribution in [3.05, 3.63) is 42.7 Å². The fourth-order valence-electron chi connectivity index (χ4n) is 2.84. The molecular weight excluding hydrogens is 405 g/mol. The second kappa shape index (κ2) is 7.58. The average molecular weight is 419 g/mol. The van der Waals surface area contributed by atoms with Crippen LogP contribution in [0.4, 0.5) is 0 Å². The molecule has 2 heterocycles. The van der Waals surface area contributed by atoms with E-state index in [0.717, 1.165) is 15.3 Å². The van der Waals surface area contributed by atoms with E-state index in [1.165, 1.54) is 0 Å². The van der Waals surface area contributed by atoms with E-state index in [2.05, 4.69) is 9.97 Å². The highest BCUT2D eigenvalue weighted by molar-refractivity contribution is 8.03. The molecule has 5 nitrogen and oxygen atoms in total. The minimum atomic E-state index is -1.69. The highest BCUT2D eigenvalue weighted by Gasteiger charge is 2.49. The van der Waals surface area contributed by atoms with Crippen molar-refractivity contribution in [3.8, 4) is 0 Å². The first-order chi connectivity index (χ1) is 11.9. The number of fused-ring (bicyclic) bond motifs is 2. The van der Waals surface area contributed by atoms with Gasteiger partial charge in [0.2, 0.25) is 11.8 Å². The molecule has 4 rings (SSSR count). The monoisotopic (exact) mass is 417 g/mol. The van der Waals surface area contributed by atoms with Crippen molar-refractivity contribution >= 4 is 69.6 Å². The third-order valence-electron chi connectivity index (χ3n) is 3.99. The van der Waals surface area contributed by atoms with E-state index in [0.29, 0.717) is 24.8 Å². The SMILES string of the molecule is O=C1C2CC=CCC2C(=O)N1SC(Cl)(Cl)Cl.c1ccc2[nH]cnc2c1. The van der Waals surface area contributed by atoms with E-state index in [1.54, 1.807) is 6.33 Å². The van der Waals surface area contributed by atoms with Crippen LogP contribution in [0.1, 0.15) is 12.8 Å². The number of para-hydroxylation sites is 2. The molecule has 1 aromatic heterocycles. The number of imide groups is 1. The Balaban J connectivity index is 0.000000170. The molecule has 0 saturated carbocycles. The van der Waals surface area contributed by atoms with Crippen LogP contribution in [0.25, 0.3) is 11.0 Å². The van der Waals surface area contributed by atoms with Crippen LogP contribution in [0.2, 0.25) is 0 Å². The molecule has 0 bridgehead atoms. The molecule has 9 heteroatoms. The van der Waals surface area contributed by atoms with Crippen LogP contribution in [-0.4, -0.2) is 29.2 Å². The van der Waals surface area contributed by atoms with Gasteiger partial charge in [0.1, 0.15) is 0 Å². The van der Waals surface area contributed by atoms with Crippen LogP contribution in [0, 0.1) is 11.8 Å². The van der Waals surface area contributed by atoms with Gasteiger partial charge < -0.3 is 4.98 Å². The van der Waals surface area contributed by atoms with Crippen molar-refractivity contribution in [2.24, 2.45) is 11.8 Å². The van der Waals surface area contributed by atoms with Crippen molar-refractivity contribution in [3.63, 3.8) is 0 Å². The lowest BCUT2D eigenvalue weighted by molar-refractivity contribution is -0.133. The van der Waals surface area contributed by atoms with E-state index in [4.69, 9.17) is 34.8 Å². The third-order valence-corrected chi connectivity index (χ3v) is 5.36. The molecule has 2 amide bonds. The largest absolute Gasteiger partial charge is 0.345 e. The summed E-state index contributed by atoms with van der Waals surface area (Å²) in [6.45, 7) is 0. The normalized spacial score (nSPS) is 22.8. The van der Waals surface area contributed by atoms with E-state index in [-0.39, 0.29) is 23.7 Å². The molecule has 2 unspecified atom stereocenters. The first-order valence-corrected chi connectivity index (χ1v) is 9.44. The van der Waals surface area contributed by atoms with Crippen LogP contribution in [-0.2, 0) is 9.59 Å². The van der Waals surface area contributed by atoms with Gasteiger partial charge in [0.25, 0.3) is 3.12 Å². The fraction of sp³-hybridized carbons (Fsp3) is 0.312. The zero-order valence-electron chi connectivity index (χ0n) is 12.9. The Morgan fingerprint density at radius 2 is 1.68 bits per heavy atom. The van der Waals surface area contributed by atoms with Gasteiger partial charge in [-0.1, -0.05) is 59.1 Å². The van der Waals surface area contributed by atoms with Crippen LogP contribution < -0.4 is 0 Å². The van der Waals surface area contributed by atoms with Gasteiger partial charge in [-0.05, 0) is 25.0 Å². The van der Waals surface area contributed by atoms with Gasteiger partial charge in [0.05, 0.1) is 29.2 Å². The number of nitrogens with zero attached hydrogens (tertiary/aromatic N) is 2. The van der Waals surface area contributed by atoms with Crippen LogP contribution in [0.3, 0.4) is 0 Å². The summed E-state index contributed by atoms with van der Waals surface area (Å²) in [5.41, 5.74) is 2.12. The second-order valence-electron chi connectivity index (χ2n) is 5.58. The van der Waals surface area contributed by atoms with Gasteiger partial charge in [0.15, 0.2) is 0 Å². The topological polar surface area (TPSA) is 66.1 Å². The number of rotatable bonds is 1. The van der Waals surface area contributed by atoms with Gasteiger partial charge in [-0.2, -0.15) is 0 Å². The molecular formula is C16H14Cl3N3O2S. The highest BCUT2D eigenvalue weighted by atomic mass is 35.6. The number of aromatic amines is 1. The smallest absolute Gasteiger partial charge is 0.256 e. The number of benzene rings is 1. The molecule has 1 aliphatic heterocycles. The zero-order chi connectivity index (χ0) is 18.0. The lowest BCUT2D eigenvalue weighted by Crippen LogP contribution is -2.26. The van der Waals surface area contributed by atoms with Gasteiger partial charge in [0, 0.05) is 11.9 Å². The number of amides is 2. The number of allylic oxidation sites excluding steroid dienone is 2. The van der Waals surface area contributed by atoms with Gasteiger partial charge in [-0.25, -0.2) is 9.29 Å². The maximum atomic E-state index is 11.9. The number of hydrogen-bond acceptors (Lipinski definition) is 4. The molecule has 2 aromatic rings. The van der Waals surface area contributed by atoms with E-state index >= 15 is 0 Å². The summed E-state index contributed by atoms with van der Waals surface area (Å²) < 4.78 is -0.693. The van der Waals surface area contributed by atoms with Crippen LogP contribution in [0.15, 0.2) is 42.7 Å². The Morgan fingerprint density at radius 1 is 1.08 bits per heavy atom. The van der Waals surface area contributed by atoms with Gasteiger partial charge >= 0.3 is 0 Å². The molecule has 132 valence electrons. The Kier molecular flexibility index (Phi) is 5.63. The molecule has 1 N–H and O–H groups in total. The molecule has 2 aliphatic rings. The summed E-state index contributed by atoms with van der Waals surface area (Å²) >= 11 is 17.4. The summed E-state index contributed by atoms with van der Waals surface area (Å²) in [5.74, 6) is -1.07.